The minimum Gasteiger partial charge on any atom is -0.459 e. The van der Waals surface area contributed by atoms with E-state index in [4.69, 9.17) is 23.8 Å². The molecule has 6 atom stereocenters. The Kier molecular flexibility index (Phi) is 13.3. The minimum absolute atomic E-state index is 0.0759. The number of carbonyl (C=O) groups is 2. The molecule has 51 heavy (non-hydrogen) atoms. The average Bonchev–Trinajstić information content (AvgIpc) is 3.14. The average molecular weight is 705 g/mol. The van der Waals surface area contributed by atoms with Gasteiger partial charge in [0.05, 0.1) is 24.8 Å². The van der Waals surface area contributed by atoms with Crippen LogP contribution in [0.3, 0.4) is 0 Å². The molecule has 0 radical (unpaired) electrons. The molecule has 2 aliphatic carbocycles. The summed E-state index contributed by atoms with van der Waals surface area (Å²) in [5.41, 5.74) is 3.12. The number of aliphatic hydroxyl groups excluding tert-OH is 2. The summed E-state index contributed by atoms with van der Waals surface area (Å²) in [6, 6.07) is 12.1. The van der Waals surface area contributed by atoms with Crippen LogP contribution in [0.1, 0.15) is 80.6 Å². The van der Waals surface area contributed by atoms with Gasteiger partial charge in [-0.2, -0.15) is 0 Å². The summed E-state index contributed by atoms with van der Waals surface area (Å²) in [6.07, 6.45) is 9.21. The summed E-state index contributed by atoms with van der Waals surface area (Å²) in [5, 5.41) is 24.2. The topological polar surface area (TPSA) is 136 Å². The molecule has 0 saturated heterocycles. The number of carbonyl (C=O) groups excluding carboxylic acids is 2. The van der Waals surface area contributed by atoms with Crippen LogP contribution >= 0.6 is 0 Å². The number of rotatable bonds is 18. The molecule has 5 rings (SSSR count). The molecule has 11 heteroatoms. The number of benzene rings is 2. The summed E-state index contributed by atoms with van der Waals surface area (Å²) >= 11 is 0. The number of allylic oxidation sites excluding steroid dienone is 1. The van der Waals surface area contributed by atoms with Gasteiger partial charge in [0.25, 0.3) is 0 Å². The van der Waals surface area contributed by atoms with Crippen molar-refractivity contribution in [3.63, 3.8) is 0 Å². The number of hydrogen-bond acceptors (Lipinski definition) is 10. The van der Waals surface area contributed by atoms with Crippen molar-refractivity contribution in [1.29, 1.82) is 0 Å². The van der Waals surface area contributed by atoms with E-state index in [2.05, 4.69) is 17.8 Å². The standard InChI is InChI=1S/C40H52N2O9/c1-5-21-48-40-36(42(4)39(46)47-6-2)25-34(41-49-7-3)32-23-28(14-8-10-19-43)31(16-9-11-20-44)37(38(32)40)33-24-30(17-18-35(33)51-40)50-29-15-12-13-27(22-29)26-45/h5,12-13,15,17-18,22-24,26,28,31,36-38,43-44H,1,6-11,14,16,19-21,25H2,2-4H3. The van der Waals surface area contributed by atoms with Gasteiger partial charge >= 0.3 is 6.09 Å². The Balaban J connectivity index is 1.75. The molecule has 1 amide bonds. The number of aliphatic hydroxyl groups is 2. The molecule has 276 valence electrons. The first-order valence-corrected chi connectivity index (χ1v) is 18.2. The smallest absolute Gasteiger partial charge is 0.409 e. The number of fused-ring (bicyclic) bond motifs is 2. The zero-order valence-corrected chi connectivity index (χ0v) is 30.0. The Morgan fingerprint density at radius 2 is 1.82 bits per heavy atom. The Morgan fingerprint density at radius 1 is 1.06 bits per heavy atom. The summed E-state index contributed by atoms with van der Waals surface area (Å²) < 4.78 is 25.8. The fourth-order valence-corrected chi connectivity index (χ4v) is 8.07. The van der Waals surface area contributed by atoms with Gasteiger partial charge in [-0.3, -0.25) is 4.79 Å². The molecule has 2 aromatic rings. The van der Waals surface area contributed by atoms with E-state index >= 15 is 0 Å². The Bertz CT molecular complexity index is 1570. The van der Waals surface area contributed by atoms with E-state index in [9.17, 15) is 19.8 Å². The van der Waals surface area contributed by atoms with E-state index in [-0.39, 0.29) is 44.2 Å². The van der Waals surface area contributed by atoms with Gasteiger partial charge in [0.2, 0.25) is 5.79 Å². The van der Waals surface area contributed by atoms with Crippen LogP contribution in [0.5, 0.6) is 17.2 Å². The van der Waals surface area contributed by atoms with E-state index in [0.29, 0.717) is 48.7 Å². The number of hydrogen-bond donors (Lipinski definition) is 2. The molecular formula is C40H52N2O9. The van der Waals surface area contributed by atoms with Crippen LogP contribution in [0.15, 0.2) is 71.9 Å². The van der Waals surface area contributed by atoms with Crippen molar-refractivity contribution in [3.8, 4) is 17.2 Å². The molecule has 6 unspecified atom stereocenters. The van der Waals surface area contributed by atoms with Gasteiger partial charge < -0.3 is 38.9 Å². The van der Waals surface area contributed by atoms with Crippen molar-refractivity contribution in [1.82, 2.24) is 4.90 Å². The zero-order valence-electron chi connectivity index (χ0n) is 30.0. The summed E-state index contributed by atoms with van der Waals surface area (Å²) in [6.45, 7) is 8.55. The van der Waals surface area contributed by atoms with Crippen LogP contribution in [0.25, 0.3) is 0 Å². The van der Waals surface area contributed by atoms with Gasteiger partial charge in [0.15, 0.2) is 0 Å². The molecule has 2 aromatic carbocycles. The molecule has 0 aromatic heterocycles. The van der Waals surface area contributed by atoms with Crippen molar-refractivity contribution in [2.24, 2.45) is 22.9 Å². The summed E-state index contributed by atoms with van der Waals surface area (Å²) in [4.78, 5) is 32.2. The summed E-state index contributed by atoms with van der Waals surface area (Å²) in [5.74, 6) is -0.0540. The first-order chi connectivity index (χ1) is 24.8. The maximum atomic E-state index is 13.5. The second kappa shape index (κ2) is 17.8. The highest BCUT2D eigenvalue weighted by Gasteiger charge is 2.65. The van der Waals surface area contributed by atoms with E-state index in [1.165, 1.54) is 0 Å². The third kappa shape index (κ3) is 8.16. The van der Waals surface area contributed by atoms with Crippen LogP contribution in [0, 0.1) is 17.8 Å². The van der Waals surface area contributed by atoms with E-state index < -0.39 is 23.8 Å². The Hall–Kier alpha value is -4.19. The zero-order chi connectivity index (χ0) is 36.4. The van der Waals surface area contributed by atoms with E-state index in [0.717, 1.165) is 48.8 Å². The lowest BCUT2D eigenvalue weighted by molar-refractivity contribution is -0.253. The highest BCUT2D eigenvalue weighted by atomic mass is 16.7. The second-order valence-corrected chi connectivity index (χ2v) is 13.3. The third-order valence-electron chi connectivity index (χ3n) is 10.2. The van der Waals surface area contributed by atoms with Crippen LogP contribution in [0.4, 0.5) is 4.79 Å². The molecule has 11 nitrogen and oxygen atoms in total. The number of oxime groups is 1. The first kappa shape index (κ1) is 38.1. The lowest BCUT2D eigenvalue weighted by Gasteiger charge is -2.59. The summed E-state index contributed by atoms with van der Waals surface area (Å²) in [7, 11) is 1.70. The molecule has 1 aliphatic heterocycles. The third-order valence-corrected chi connectivity index (χ3v) is 10.2. The van der Waals surface area contributed by atoms with Crippen LogP contribution in [-0.4, -0.2) is 85.1 Å². The highest BCUT2D eigenvalue weighted by Crippen LogP contribution is 2.62. The number of amides is 1. The van der Waals surface area contributed by atoms with Gasteiger partial charge in [-0.1, -0.05) is 42.3 Å². The molecule has 3 aliphatic rings. The van der Waals surface area contributed by atoms with E-state index in [1.54, 1.807) is 49.2 Å². The van der Waals surface area contributed by atoms with E-state index in [1.807, 2.05) is 25.1 Å². The molecule has 1 fully saturated rings. The van der Waals surface area contributed by atoms with Gasteiger partial charge in [-0.25, -0.2) is 4.79 Å². The minimum atomic E-state index is -1.35. The van der Waals surface area contributed by atoms with Gasteiger partial charge in [-0.05, 0) is 87.3 Å². The Morgan fingerprint density at radius 3 is 2.53 bits per heavy atom. The fourth-order valence-electron chi connectivity index (χ4n) is 8.07. The second-order valence-electron chi connectivity index (χ2n) is 13.3. The Labute approximate surface area is 300 Å². The normalized spacial score (nSPS) is 25.5. The number of ether oxygens (including phenoxy) is 4. The molecule has 1 saturated carbocycles. The van der Waals surface area contributed by atoms with Crippen molar-refractivity contribution in [3.05, 3.63) is 77.9 Å². The fraction of sp³-hybridized carbons (Fsp3) is 0.525. The maximum Gasteiger partial charge on any atom is 0.409 e. The predicted molar refractivity (Wildman–Crippen MR) is 193 cm³/mol. The molecule has 0 bridgehead atoms. The van der Waals surface area contributed by atoms with Crippen molar-refractivity contribution in [2.45, 2.75) is 76.5 Å². The number of nitrogens with zero attached hydrogens (tertiary/aromatic N) is 2. The van der Waals surface area contributed by atoms with Crippen molar-refractivity contribution in [2.75, 3.05) is 40.1 Å². The molecule has 2 N–H and O–H groups in total. The predicted octanol–water partition coefficient (Wildman–Crippen LogP) is 7.03. The number of likely N-dealkylation sites (N-methyl/N-ethyl adjacent to an activating group) is 1. The van der Waals surface area contributed by atoms with Gasteiger partial charge in [0, 0.05) is 43.7 Å². The van der Waals surface area contributed by atoms with Gasteiger partial charge in [-0.15, -0.1) is 6.58 Å². The first-order valence-electron chi connectivity index (χ1n) is 18.2. The maximum absolute atomic E-state index is 13.5. The largest absolute Gasteiger partial charge is 0.459 e. The molecule has 1 heterocycles. The monoisotopic (exact) mass is 704 g/mol. The SMILES string of the molecule is C=CCOC12Oc3ccc(Oc4cccc(C=O)c4)cc3C3C(CCCCO)C(CCCCO)C=C(C(=NOCC)CC1N(C)C(=O)OCC)C32. The highest BCUT2D eigenvalue weighted by molar-refractivity contribution is 6.02. The number of aldehydes is 1. The van der Waals surface area contributed by atoms with Crippen LogP contribution in [-0.2, 0) is 14.3 Å². The van der Waals surface area contributed by atoms with Crippen molar-refractivity contribution >= 4 is 18.1 Å². The van der Waals surface area contributed by atoms with Crippen LogP contribution in [0.2, 0.25) is 0 Å². The van der Waals surface area contributed by atoms with Crippen LogP contribution < -0.4 is 9.47 Å². The lowest BCUT2D eigenvalue weighted by atomic mass is 9.55. The van der Waals surface area contributed by atoms with Gasteiger partial charge in [0.1, 0.15) is 36.2 Å². The molecule has 0 spiro atoms. The molecular weight excluding hydrogens is 652 g/mol. The van der Waals surface area contributed by atoms with Crippen molar-refractivity contribution < 1.29 is 43.6 Å². The quantitative estimate of drug-likeness (QED) is 0.0725. The number of unbranched alkanes of at least 4 members (excludes halogenated alkanes) is 2. The lowest BCUT2D eigenvalue weighted by Crippen LogP contribution is -2.69.